The summed E-state index contributed by atoms with van der Waals surface area (Å²) in [7, 11) is 0. The summed E-state index contributed by atoms with van der Waals surface area (Å²) in [6.45, 7) is 0. The number of ketones is 3. The van der Waals surface area contributed by atoms with E-state index >= 15 is 0 Å². The Morgan fingerprint density at radius 1 is 0.480 bits per heavy atom. The molecule has 0 amide bonds. The summed E-state index contributed by atoms with van der Waals surface area (Å²) >= 11 is 0. The molecule has 25 heavy (non-hydrogen) atoms. The predicted octanol–water partition coefficient (Wildman–Crippen LogP) is -10.2. The molecule has 143 valence electrons. The van der Waals surface area contributed by atoms with E-state index in [1.165, 1.54) is 0 Å². The quantitative estimate of drug-likeness (QED) is 0.175. The first kappa shape index (κ1) is 30.6. The molecule has 0 aliphatic carbocycles. The van der Waals surface area contributed by atoms with Crippen LogP contribution in [0.1, 0.15) is 0 Å². The number of carboxylic acids is 3. The molecule has 0 aromatic rings. The van der Waals surface area contributed by atoms with Crippen LogP contribution in [0.15, 0.2) is 0 Å². The first-order valence-electron chi connectivity index (χ1n) is 5.00. The van der Waals surface area contributed by atoms with E-state index in [2.05, 4.69) is 0 Å². The van der Waals surface area contributed by atoms with Crippen LogP contribution in [0.4, 0.5) is 0 Å². The van der Waals surface area contributed by atoms with Crippen LogP contribution in [-0.2, 0) is 47.3 Å². The van der Waals surface area contributed by atoms with Gasteiger partial charge in [0, 0.05) is 18.6 Å². The van der Waals surface area contributed by atoms with Gasteiger partial charge >= 0.3 is 0 Å². The molecule has 0 rings (SSSR count). The molecular weight excluding hydrogens is 399 g/mol. The molecule has 0 unspecified atom stereocenters. The normalized spacial score (nSPS) is 9.00. The van der Waals surface area contributed by atoms with Gasteiger partial charge in [-0.2, -0.15) is 0 Å². The molecule has 0 bridgehead atoms. The summed E-state index contributed by atoms with van der Waals surface area (Å²) in [5.41, 5.74) is 0. The van der Waals surface area contributed by atoms with Crippen LogP contribution in [-0.4, -0.2) is 84.8 Å². The van der Waals surface area contributed by atoms with E-state index in [4.69, 9.17) is 30.6 Å². The van der Waals surface area contributed by atoms with Gasteiger partial charge in [-0.15, -0.1) is 0 Å². The summed E-state index contributed by atoms with van der Waals surface area (Å²) in [5.74, 6) is -11.5. The van der Waals surface area contributed by atoms with Gasteiger partial charge < -0.3 is 60.3 Å². The smallest absolute Gasteiger partial charge is 0.233 e. The standard InChI is InChI=1S/3C3H4O5.V/c3*4-1(2(5)6)3(7)8;/h3*2,5-6H,(H,7,8);/p-3. The SMILES string of the molecule is O=C([O-])C(=O)C(O)O.O=C([O-])C(=O)C(O)O.O=C([O-])C(=O)C(O)O.[V]. The average Bonchev–Trinajstić information content (AvgIpc) is 2.45. The van der Waals surface area contributed by atoms with Crippen LogP contribution in [0.2, 0.25) is 0 Å². The minimum Gasteiger partial charge on any atom is -0.542 e. The molecule has 6 N–H and O–H groups in total. The number of hydrogen-bond donors (Lipinski definition) is 6. The third kappa shape index (κ3) is 17.9. The van der Waals surface area contributed by atoms with Crippen molar-refractivity contribution in [3.8, 4) is 0 Å². The number of Topliss-reactive ketones (excluding diaryl/α,β-unsaturated/α-hetero) is 3. The number of hydrogen-bond acceptors (Lipinski definition) is 15. The maximum Gasteiger partial charge on any atom is 0.233 e. The van der Waals surface area contributed by atoms with E-state index < -0.39 is 54.1 Å². The van der Waals surface area contributed by atoms with Crippen molar-refractivity contribution < 1.29 is 93.3 Å². The van der Waals surface area contributed by atoms with E-state index in [9.17, 15) is 44.1 Å². The minimum absolute atomic E-state index is 0. The summed E-state index contributed by atoms with van der Waals surface area (Å²) in [5, 5.41) is 74.7. The summed E-state index contributed by atoms with van der Waals surface area (Å²) in [6, 6.07) is 0. The third-order valence-electron chi connectivity index (χ3n) is 1.31. The summed E-state index contributed by atoms with van der Waals surface area (Å²) < 4.78 is 0. The van der Waals surface area contributed by atoms with Gasteiger partial charge in [0.2, 0.25) is 36.2 Å². The van der Waals surface area contributed by atoms with Crippen LogP contribution in [0.25, 0.3) is 0 Å². The maximum atomic E-state index is 9.68. The largest absolute Gasteiger partial charge is 0.542 e. The van der Waals surface area contributed by atoms with Gasteiger partial charge in [-0.1, -0.05) is 0 Å². The van der Waals surface area contributed by atoms with Crippen LogP contribution >= 0.6 is 0 Å². The Morgan fingerprint density at radius 3 is 0.600 bits per heavy atom. The number of aliphatic carboxylic acids is 3. The zero-order valence-corrected chi connectivity index (χ0v) is 12.9. The zero-order valence-electron chi connectivity index (χ0n) is 11.5. The second-order valence-corrected chi connectivity index (χ2v) is 3.08. The van der Waals surface area contributed by atoms with E-state index in [0.29, 0.717) is 0 Å². The van der Waals surface area contributed by atoms with Crippen molar-refractivity contribution in [2.45, 2.75) is 18.9 Å². The monoisotopic (exact) mass is 408 g/mol. The van der Waals surface area contributed by atoms with Gasteiger partial charge in [0.1, 0.15) is 17.9 Å². The van der Waals surface area contributed by atoms with Crippen molar-refractivity contribution in [1.82, 2.24) is 0 Å². The van der Waals surface area contributed by atoms with Crippen LogP contribution in [0.3, 0.4) is 0 Å². The predicted molar refractivity (Wildman–Crippen MR) is 54.7 cm³/mol. The second kappa shape index (κ2) is 15.3. The number of carboxylic acid groups (broad SMARTS) is 3. The Morgan fingerprint density at radius 2 is 0.600 bits per heavy atom. The Bertz CT molecular complexity index is 422. The van der Waals surface area contributed by atoms with Gasteiger partial charge in [-0.05, 0) is 0 Å². The molecule has 0 fully saturated rings. The number of carbonyl (C=O) groups is 6. The molecule has 1 radical (unpaired) electrons. The van der Waals surface area contributed by atoms with Crippen molar-refractivity contribution in [3.05, 3.63) is 0 Å². The Kier molecular flexibility index (Phi) is 18.7. The van der Waals surface area contributed by atoms with E-state index in [1.54, 1.807) is 0 Å². The molecule has 0 aromatic heterocycles. The summed E-state index contributed by atoms with van der Waals surface area (Å²) in [4.78, 5) is 57.1. The molecule has 0 aliphatic rings. The first-order valence-corrected chi connectivity index (χ1v) is 5.00. The number of aliphatic hydroxyl groups is 6. The minimum atomic E-state index is -2.46. The summed E-state index contributed by atoms with van der Waals surface area (Å²) in [6.07, 6.45) is -7.38. The molecule has 15 nitrogen and oxygen atoms in total. The van der Waals surface area contributed by atoms with Crippen LogP contribution in [0, 0.1) is 0 Å². The van der Waals surface area contributed by atoms with Gasteiger partial charge in [-0.25, -0.2) is 0 Å². The Labute approximate surface area is 148 Å². The Hall–Kier alpha value is -2.24. The molecule has 0 atom stereocenters. The van der Waals surface area contributed by atoms with Crippen LogP contribution < -0.4 is 15.3 Å². The fraction of sp³-hybridized carbons (Fsp3) is 0.333. The first-order chi connectivity index (χ1) is 10.7. The van der Waals surface area contributed by atoms with Gasteiger partial charge in [0.25, 0.3) is 0 Å². The zero-order chi connectivity index (χ0) is 20.2. The molecule has 0 saturated heterocycles. The third-order valence-corrected chi connectivity index (χ3v) is 1.31. The van der Waals surface area contributed by atoms with E-state index in [-0.39, 0.29) is 18.6 Å². The van der Waals surface area contributed by atoms with E-state index in [1.807, 2.05) is 0 Å². The van der Waals surface area contributed by atoms with Crippen molar-refractivity contribution in [2.24, 2.45) is 0 Å². The Balaban J connectivity index is -0.000000130. The molecule has 0 aliphatic heterocycles. The van der Waals surface area contributed by atoms with Crippen LogP contribution in [0.5, 0.6) is 0 Å². The molecular formula is C9H9O15V-3. The molecule has 0 saturated carbocycles. The molecule has 0 spiro atoms. The van der Waals surface area contributed by atoms with Gasteiger partial charge in [0.05, 0.1) is 0 Å². The van der Waals surface area contributed by atoms with Crippen molar-refractivity contribution >= 4 is 35.3 Å². The van der Waals surface area contributed by atoms with Crippen molar-refractivity contribution in [1.29, 1.82) is 0 Å². The average molecular weight is 408 g/mol. The number of rotatable bonds is 6. The molecule has 0 aromatic carbocycles. The molecule has 0 heterocycles. The van der Waals surface area contributed by atoms with E-state index in [0.717, 1.165) is 0 Å². The maximum absolute atomic E-state index is 9.68. The number of aliphatic hydroxyl groups excluding tert-OH is 3. The fourth-order valence-corrected chi connectivity index (χ4v) is 0.316. The number of carbonyl (C=O) groups excluding carboxylic acids is 6. The van der Waals surface area contributed by atoms with Crippen molar-refractivity contribution in [2.75, 3.05) is 0 Å². The van der Waals surface area contributed by atoms with Gasteiger partial charge in [0.15, 0.2) is 0 Å². The van der Waals surface area contributed by atoms with Crippen molar-refractivity contribution in [3.63, 3.8) is 0 Å². The topological polar surface area (TPSA) is 293 Å². The fourth-order valence-electron chi connectivity index (χ4n) is 0.316. The second-order valence-electron chi connectivity index (χ2n) is 3.08. The van der Waals surface area contributed by atoms with Gasteiger partial charge in [-0.3, -0.25) is 14.4 Å². The molecule has 16 heteroatoms.